The molecule has 1 amide bonds. The molecule has 1 fully saturated rings. The molecule has 0 bridgehead atoms. The van der Waals surface area contributed by atoms with E-state index in [1.807, 2.05) is 35.2 Å². The van der Waals surface area contributed by atoms with Gasteiger partial charge in [0, 0.05) is 35.6 Å². The van der Waals surface area contributed by atoms with Crippen molar-refractivity contribution in [2.24, 2.45) is 0 Å². The normalized spacial score (nSPS) is 19.9. The van der Waals surface area contributed by atoms with Crippen molar-refractivity contribution in [3.63, 3.8) is 0 Å². The van der Waals surface area contributed by atoms with Crippen LogP contribution in [0.25, 0.3) is 0 Å². The lowest BCUT2D eigenvalue weighted by Gasteiger charge is -2.34. The van der Waals surface area contributed by atoms with Gasteiger partial charge in [0.05, 0.1) is 17.4 Å². The van der Waals surface area contributed by atoms with Crippen LogP contribution in [0, 0.1) is 0 Å². The van der Waals surface area contributed by atoms with Gasteiger partial charge in [-0.25, -0.2) is 0 Å². The van der Waals surface area contributed by atoms with Crippen molar-refractivity contribution in [2.45, 2.75) is 45.1 Å². The van der Waals surface area contributed by atoms with Gasteiger partial charge in [-0.1, -0.05) is 30.5 Å². The molecule has 0 atom stereocenters. The number of benzene rings is 1. The second-order valence-electron chi connectivity index (χ2n) is 7.99. The molecule has 2 aliphatic heterocycles. The second kappa shape index (κ2) is 7.69. The Hall–Kier alpha value is -1.56. The first-order valence-electron chi connectivity index (χ1n) is 9.89. The first-order chi connectivity index (χ1) is 13.4. The van der Waals surface area contributed by atoms with Gasteiger partial charge in [-0.15, -0.1) is 0 Å². The fourth-order valence-corrected chi connectivity index (χ4v) is 5.44. The van der Waals surface area contributed by atoms with Crippen LogP contribution in [0.3, 0.4) is 0 Å². The highest BCUT2D eigenvalue weighted by molar-refractivity contribution is 7.96. The van der Waals surface area contributed by atoms with Crippen molar-refractivity contribution >= 4 is 35.1 Å². The van der Waals surface area contributed by atoms with Crippen LogP contribution in [0.1, 0.15) is 61.0 Å². The summed E-state index contributed by atoms with van der Waals surface area (Å²) in [7, 11) is 0. The number of hydrogen-bond acceptors (Lipinski definition) is 4. The van der Waals surface area contributed by atoms with E-state index in [-0.39, 0.29) is 5.91 Å². The van der Waals surface area contributed by atoms with E-state index in [9.17, 15) is 4.79 Å². The van der Waals surface area contributed by atoms with Crippen molar-refractivity contribution in [2.75, 3.05) is 23.7 Å². The molecule has 0 spiro atoms. The third-order valence-electron chi connectivity index (χ3n) is 5.87. The van der Waals surface area contributed by atoms with Crippen LogP contribution in [0.5, 0.6) is 0 Å². The standard InChI is InChI=1S/C22H26ClN3OS/c1-4-28-25-9-7-15(8-10-25)16-11-18(14-24-13-16)26-21(27)19-6-5-17(23)12-20(19)22(26,2)3/h5-6,11-15H,4,7-10H2,1-3H3. The van der Waals surface area contributed by atoms with Gasteiger partial charge in [0.25, 0.3) is 5.91 Å². The lowest BCUT2D eigenvalue weighted by atomic mass is 9.90. The van der Waals surface area contributed by atoms with Crippen LogP contribution in [-0.2, 0) is 5.54 Å². The Labute approximate surface area is 176 Å². The number of carbonyl (C=O) groups is 1. The van der Waals surface area contributed by atoms with Gasteiger partial charge in [0.1, 0.15) is 0 Å². The minimum absolute atomic E-state index is 0.0183. The number of carbonyl (C=O) groups excluding carboxylic acids is 1. The Bertz CT molecular complexity index is 893. The highest BCUT2D eigenvalue weighted by Gasteiger charge is 2.44. The minimum Gasteiger partial charge on any atom is -0.297 e. The van der Waals surface area contributed by atoms with E-state index in [1.54, 1.807) is 12.3 Å². The maximum absolute atomic E-state index is 13.2. The number of nitrogens with zero attached hydrogens (tertiary/aromatic N) is 3. The summed E-state index contributed by atoms with van der Waals surface area (Å²) in [5.74, 6) is 1.64. The van der Waals surface area contributed by atoms with Crippen molar-refractivity contribution in [1.82, 2.24) is 9.29 Å². The quantitative estimate of drug-likeness (QED) is 0.619. The summed E-state index contributed by atoms with van der Waals surface area (Å²) < 4.78 is 2.46. The SMILES string of the molecule is CCSN1CCC(c2cncc(N3C(=O)c4ccc(Cl)cc4C3(C)C)c2)CC1. The van der Waals surface area contributed by atoms with Gasteiger partial charge in [-0.2, -0.15) is 0 Å². The third kappa shape index (κ3) is 3.44. The van der Waals surface area contributed by atoms with Crippen LogP contribution in [-0.4, -0.2) is 34.0 Å². The molecule has 0 unspecified atom stereocenters. The van der Waals surface area contributed by atoms with Gasteiger partial charge >= 0.3 is 0 Å². The van der Waals surface area contributed by atoms with E-state index in [1.165, 1.54) is 5.56 Å². The lowest BCUT2D eigenvalue weighted by Crippen LogP contribution is -2.39. The summed E-state index contributed by atoms with van der Waals surface area (Å²) in [6, 6.07) is 7.69. The number of amides is 1. The molecule has 148 valence electrons. The van der Waals surface area contributed by atoms with Crippen molar-refractivity contribution in [3.8, 4) is 0 Å². The molecule has 2 aromatic rings. The fourth-order valence-electron chi connectivity index (χ4n) is 4.44. The highest BCUT2D eigenvalue weighted by atomic mass is 35.5. The summed E-state index contributed by atoms with van der Waals surface area (Å²) in [6.45, 7) is 8.54. The zero-order valence-electron chi connectivity index (χ0n) is 16.6. The average molecular weight is 416 g/mol. The number of anilines is 1. The summed E-state index contributed by atoms with van der Waals surface area (Å²) in [6.07, 6.45) is 6.03. The minimum atomic E-state index is -0.460. The molecule has 1 aromatic carbocycles. The first-order valence-corrected chi connectivity index (χ1v) is 11.2. The number of hydrogen-bond donors (Lipinski definition) is 0. The summed E-state index contributed by atoms with van der Waals surface area (Å²) >= 11 is 8.13. The van der Waals surface area contributed by atoms with E-state index in [0.29, 0.717) is 10.9 Å². The Morgan fingerprint density at radius 3 is 2.68 bits per heavy atom. The molecule has 0 saturated carbocycles. The van der Waals surface area contributed by atoms with Crippen LogP contribution >= 0.6 is 23.5 Å². The molecule has 4 rings (SSSR count). The van der Waals surface area contributed by atoms with Crippen molar-refractivity contribution < 1.29 is 4.79 Å². The molecular weight excluding hydrogens is 390 g/mol. The Morgan fingerprint density at radius 1 is 1.21 bits per heavy atom. The average Bonchev–Trinajstić information content (AvgIpc) is 2.88. The molecule has 0 aliphatic carbocycles. The molecule has 0 radical (unpaired) electrons. The van der Waals surface area contributed by atoms with Gasteiger partial charge in [-0.3, -0.25) is 19.0 Å². The van der Waals surface area contributed by atoms with E-state index < -0.39 is 5.54 Å². The topological polar surface area (TPSA) is 36.4 Å². The van der Waals surface area contributed by atoms with Crippen LogP contribution in [0.4, 0.5) is 5.69 Å². The second-order valence-corrected chi connectivity index (χ2v) is 9.78. The van der Waals surface area contributed by atoms with Gasteiger partial charge in [-0.05, 0) is 68.0 Å². The number of fused-ring (bicyclic) bond motifs is 1. The lowest BCUT2D eigenvalue weighted by molar-refractivity contribution is 0.0982. The monoisotopic (exact) mass is 415 g/mol. The maximum atomic E-state index is 13.2. The van der Waals surface area contributed by atoms with Gasteiger partial charge in [0.2, 0.25) is 0 Å². The number of aromatic nitrogens is 1. The zero-order valence-corrected chi connectivity index (χ0v) is 18.2. The summed E-state index contributed by atoms with van der Waals surface area (Å²) in [5, 5.41) is 0.657. The molecule has 4 nitrogen and oxygen atoms in total. The van der Waals surface area contributed by atoms with Crippen LogP contribution in [0.15, 0.2) is 36.7 Å². The van der Waals surface area contributed by atoms with E-state index >= 15 is 0 Å². The molecule has 1 aromatic heterocycles. The largest absolute Gasteiger partial charge is 0.297 e. The number of piperidine rings is 1. The molecule has 2 aliphatic rings. The van der Waals surface area contributed by atoms with E-state index in [4.69, 9.17) is 11.6 Å². The summed E-state index contributed by atoms with van der Waals surface area (Å²) in [5.41, 5.74) is 3.34. The van der Waals surface area contributed by atoms with E-state index in [2.05, 4.69) is 36.1 Å². The zero-order chi connectivity index (χ0) is 19.9. The molecule has 3 heterocycles. The van der Waals surface area contributed by atoms with Gasteiger partial charge < -0.3 is 0 Å². The smallest absolute Gasteiger partial charge is 0.259 e. The highest BCUT2D eigenvalue weighted by Crippen LogP contribution is 2.43. The fraction of sp³-hybridized carbons (Fsp3) is 0.455. The molecule has 0 N–H and O–H groups in total. The molecular formula is C22H26ClN3OS. The summed E-state index contributed by atoms with van der Waals surface area (Å²) in [4.78, 5) is 19.5. The molecule has 1 saturated heterocycles. The predicted molar refractivity (Wildman–Crippen MR) is 117 cm³/mol. The Balaban J connectivity index is 1.61. The van der Waals surface area contributed by atoms with E-state index in [0.717, 1.165) is 48.5 Å². The van der Waals surface area contributed by atoms with Crippen LogP contribution < -0.4 is 4.90 Å². The number of pyridine rings is 1. The number of halogens is 1. The Kier molecular flexibility index (Phi) is 5.43. The van der Waals surface area contributed by atoms with Crippen LogP contribution in [0.2, 0.25) is 5.02 Å². The molecule has 28 heavy (non-hydrogen) atoms. The first kappa shape index (κ1) is 19.7. The Morgan fingerprint density at radius 2 is 1.96 bits per heavy atom. The predicted octanol–water partition coefficient (Wildman–Crippen LogP) is 5.48. The van der Waals surface area contributed by atoms with Gasteiger partial charge in [0.15, 0.2) is 0 Å². The maximum Gasteiger partial charge on any atom is 0.259 e. The van der Waals surface area contributed by atoms with Crippen molar-refractivity contribution in [3.05, 3.63) is 58.4 Å². The third-order valence-corrected chi connectivity index (χ3v) is 7.10. The molecule has 6 heteroatoms. The number of rotatable bonds is 4. The van der Waals surface area contributed by atoms with Crippen molar-refractivity contribution in [1.29, 1.82) is 0 Å².